The minimum absolute atomic E-state index is 0.0188. The molecule has 0 amide bonds. The highest BCUT2D eigenvalue weighted by molar-refractivity contribution is 6.32. The zero-order chi connectivity index (χ0) is 22.8. The highest BCUT2D eigenvalue weighted by Gasteiger charge is 2.32. The maximum Gasteiger partial charge on any atom is 0.309 e. The molecule has 0 spiro atoms. The molecule has 0 aliphatic carbocycles. The van der Waals surface area contributed by atoms with Gasteiger partial charge in [-0.3, -0.25) is 9.69 Å². The molecule has 8 nitrogen and oxygen atoms in total. The van der Waals surface area contributed by atoms with Gasteiger partial charge in [0.2, 0.25) is 5.82 Å². The summed E-state index contributed by atoms with van der Waals surface area (Å²) in [4.78, 5) is 17.6. The fraction of sp³-hybridized carbons (Fsp3) is 0.348. The van der Waals surface area contributed by atoms with Gasteiger partial charge in [-0.1, -0.05) is 22.8 Å². The van der Waals surface area contributed by atoms with Crippen molar-refractivity contribution in [3.63, 3.8) is 0 Å². The van der Waals surface area contributed by atoms with Crippen LogP contribution in [0.1, 0.15) is 19.4 Å². The molecule has 4 rings (SSSR count). The molecule has 2 aromatic carbocycles. The van der Waals surface area contributed by atoms with Gasteiger partial charge < -0.3 is 19.1 Å². The number of likely N-dealkylation sites (tertiary alicyclic amines) is 1. The van der Waals surface area contributed by atoms with Crippen LogP contribution in [0.4, 0.5) is 0 Å². The lowest BCUT2D eigenvalue weighted by Crippen LogP contribution is -2.49. The van der Waals surface area contributed by atoms with E-state index < -0.39 is 5.97 Å². The summed E-state index contributed by atoms with van der Waals surface area (Å²) in [5.41, 5.74) is 2.40. The van der Waals surface area contributed by atoms with Crippen LogP contribution in [0.15, 0.2) is 40.9 Å². The number of carboxylic acid groups (broad SMARTS) is 1. The monoisotopic (exact) mass is 457 g/mol. The Balaban J connectivity index is 1.51. The standard InChI is InChI=1S/C23H24ClN3O5/c1-13(2)31-19-7-5-15(9-18(19)24)21-25-22(32-26-21)17-6-4-14(8-20(17)30-3)10-27-11-16(12-27)23(28)29/h4-9,13,16H,10-12H2,1-3H3,(H,28,29). The molecule has 32 heavy (non-hydrogen) atoms. The molecule has 9 heteroatoms. The Kier molecular flexibility index (Phi) is 6.34. The van der Waals surface area contributed by atoms with E-state index in [1.807, 2.05) is 38.1 Å². The lowest BCUT2D eigenvalue weighted by atomic mass is 9.99. The molecular formula is C23H24ClN3O5. The maximum absolute atomic E-state index is 11.0. The molecule has 0 atom stereocenters. The number of halogens is 1. The quantitative estimate of drug-likeness (QED) is 0.532. The van der Waals surface area contributed by atoms with Crippen LogP contribution < -0.4 is 9.47 Å². The van der Waals surface area contributed by atoms with Crippen molar-refractivity contribution in [3.8, 4) is 34.3 Å². The van der Waals surface area contributed by atoms with Gasteiger partial charge in [-0.2, -0.15) is 4.98 Å². The van der Waals surface area contributed by atoms with Gasteiger partial charge in [0.25, 0.3) is 5.89 Å². The molecule has 0 unspecified atom stereocenters. The first-order chi connectivity index (χ1) is 15.3. The van der Waals surface area contributed by atoms with Crippen LogP contribution in [0.3, 0.4) is 0 Å². The number of aliphatic carboxylic acids is 1. The largest absolute Gasteiger partial charge is 0.496 e. The molecule has 0 radical (unpaired) electrons. The number of methoxy groups -OCH3 is 1. The van der Waals surface area contributed by atoms with Crippen molar-refractivity contribution >= 4 is 17.6 Å². The van der Waals surface area contributed by atoms with E-state index in [1.54, 1.807) is 19.2 Å². The first-order valence-electron chi connectivity index (χ1n) is 10.3. The van der Waals surface area contributed by atoms with Crippen LogP contribution in [0.25, 0.3) is 22.8 Å². The molecular weight excluding hydrogens is 434 g/mol. The van der Waals surface area contributed by atoms with Gasteiger partial charge >= 0.3 is 5.97 Å². The number of ether oxygens (including phenoxy) is 2. The second-order valence-electron chi connectivity index (χ2n) is 8.00. The molecule has 0 bridgehead atoms. The Labute approximate surface area is 190 Å². The number of carbonyl (C=O) groups is 1. The summed E-state index contributed by atoms with van der Waals surface area (Å²) in [6.45, 7) is 5.63. The Bertz CT molecular complexity index is 1120. The Morgan fingerprint density at radius 2 is 2.03 bits per heavy atom. The van der Waals surface area contributed by atoms with E-state index >= 15 is 0 Å². The Morgan fingerprint density at radius 1 is 1.25 bits per heavy atom. The molecule has 0 saturated carbocycles. The van der Waals surface area contributed by atoms with Crippen LogP contribution in [-0.2, 0) is 11.3 Å². The zero-order valence-corrected chi connectivity index (χ0v) is 18.8. The van der Waals surface area contributed by atoms with Gasteiger partial charge in [0.1, 0.15) is 11.5 Å². The minimum atomic E-state index is -0.746. The fourth-order valence-electron chi connectivity index (χ4n) is 3.56. The number of nitrogens with zero attached hydrogens (tertiary/aromatic N) is 3. The molecule has 168 valence electrons. The van der Waals surface area contributed by atoms with Gasteiger partial charge in [0.15, 0.2) is 0 Å². The maximum atomic E-state index is 11.0. The van der Waals surface area contributed by atoms with Crippen molar-refractivity contribution in [2.24, 2.45) is 5.92 Å². The Morgan fingerprint density at radius 3 is 2.69 bits per heavy atom. The van der Waals surface area contributed by atoms with Crippen molar-refractivity contribution in [2.45, 2.75) is 26.5 Å². The smallest absolute Gasteiger partial charge is 0.309 e. The molecule has 1 fully saturated rings. The van der Waals surface area contributed by atoms with Gasteiger partial charge in [-0.05, 0) is 49.7 Å². The van der Waals surface area contributed by atoms with E-state index in [2.05, 4.69) is 15.0 Å². The number of rotatable bonds is 8. The molecule has 1 N–H and O–H groups in total. The van der Waals surface area contributed by atoms with E-state index in [9.17, 15) is 4.79 Å². The number of aromatic nitrogens is 2. The average molecular weight is 458 g/mol. The number of hydrogen-bond donors (Lipinski definition) is 1. The van der Waals surface area contributed by atoms with E-state index in [4.69, 9.17) is 30.7 Å². The van der Waals surface area contributed by atoms with Crippen molar-refractivity contribution in [3.05, 3.63) is 47.0 Å². The molecule has 2 heterocycles. The summed E-state index contributed by atoms with van der Waals surface area (Å²) in [6, 6.07) is 11.1. The molecule has 1 saturated heterocycles. The molecule has 1 aliphatic rings. The first-order valence-corrected chi connectivity index (χ1v) is 10.6. The lowest BCUT2D eigenvalue weighted by Gasteiger charge is -2.36. The first kappa shape index (κ1) is 22.1. The third-order valence-corrected chi connectivity index (χ3v) is 5.48. The SMILES string of the molecule is COc1cc(CN2CC(C(=O)O)C2)ccc1-c1nc(-c2ccc(OC(C)C)c(Cl)c2)no1. The fourth-order valence-corrected chi connectivity index (χ4v) is 3.79. The van der Waals surface area contributed by atoms with E-state index in [0.29, 0.717) is 59.0 Å². The van der Waals surface area contributed by atoms with Crippen LogP contribution >= 0.6 is 11.6 Å². The summed E-state index contributed by atoms with van der Waals surface area (Å²) in [5, 5.41) is 13.6. The van der Waals surface area contributed by atoms with Crippen molar-refractivity contribution in [1.29, 1.82) is 0 Å². The van der Waals surface area contributed by atoms with E-state index in [1.165, 1.54) is 0 Å². The van der Waals surface area contributed by atoms with Crippen LogP contribution in [0.2, 0.25) is 5.02 Å². The minimum Gasteiger partial charge on any atom is -0.496 e. The van der Waals surface area contributed by atoms with Crippen molar-refractivity contribution in [1.82, 2.24) is 15.0 Å². The van der Waals surface area contributed by atoms with Gasteiger partial charge in [0, 0.05) is 25.2 Å². The van der Waals surface area contributed by atoms with Crippen LogP contribution in [-0.4, -0.2) is 52.4 Å². The highest BCUT2D eigenvalue weighted by atomic mass is 35.5. The number of hydrogen-bond acceptors (Lipinski definition) is 7. The van der Waals surface area contributed by atoms with Crippen molar-refractivity contribution in [2.75, 3.05) is 20.2 Å². The van der Waals surface area contributed by atoms with E-state index in [0.717, 1.165) is 5.56 Å². The van der Waals surface area contributed by atoms with Gasteiger partial charge in [-0.25, -0.2) is 0 Å². The zero-order valence-electron chi connectivity index (χ0n) is 18.0. The normalized spacial score (nSPS) is 14.4. The average Bonchev–Trinajstić information content (AvgIpc) is 3.21. The number of carboxylic acids is 1. The number of benzene rings is 2. The van der Waals surface area contributed by atoms with Crippen LogP contribution in [0.5, 0.6) is 11.5 Å². The third-order valence-electron chi connectivity index (χ3n) is 5.19. The summed E-state index contributed by atoms with van der Waals surface area (Å²) < 4.78 is 16.7. The molecule has 3 aromatic rings. The summed E-state index contributed by atoms with van der Waals surface area (Å²) >= 11 is 6.33. The predicted molar refractivity (Wildman–Crippen MR) is 119 cm³/mol. The summed E-state index contributed by atoms with van der Waals surface area (Å²) in [6.07, 6.45) is 0.0188. The van der Waals surface area contributed by atoms with E-state index in [-0.39, 0.29) is 12.0 Å². The Hall–Kier alpha value is -3.10. The second-order valence-corrected chi connectivity index (χ2v) is 8.41. The molecule has 1 aromatic heterocycles. The van der Waals surface area contributed by atoms with Gasteiger partial charge in [0.05, 0.1) is 29.7 Å². The molecule has 1 aliphatic heterocycles. The lowest BCUT2D eigenvalue weighted by molar-refractivity contribution is -0.147. The highest BCUT2D eigenvalue weighted by Crippen LogP contribution is 2.34. The van der Waals surface area contributed by atoms with Crippen LogP contribution in [0, 0.1) is 5.92 Å². The van der Waals surface area contributed by atoms with Gasteiger partial charge in [-0.15, -0.1) is 0 Å². The summed E-state index contributed by atoms with van der Waals surface area (Å²) in [7, 11) is 1.58. The summed E-state index contributed by atoms with van der Waals surface area (Å²) in [5.74, 6) is 0.911. The second kappa shape index (κ2) is 9.18. The van der Waals surface area contributed by atoms with Crippen molar-refractivity contribution < 1.29 is 23.9 Å². The predicted octanol–water partition coefficient (Wildman–Crippen LogP) is 4.37. The third kappa shape index (κ3) is 4.71. The topological polar surface area (TPSA) is 97.9 Å².